The van der Waals surface area contributed by atoms with Crippen molar-refractivity contribution in [2.24, 2.45) is 0 Å². The molecule has 18 heavy (non-hydrogen) atoms. The highest BCUT2D eigenvalue weighted by atomic mass is 19.3. The maximum absolute atomic E-state index is 13.6. The van der Waals surface area contributed by atoms with Crippen molar-refractivity contribution in [3.8, 4) is 0 Å². The lowest BCUT2D eigenvalue weighted by molar-refractivity contribution is -0.138. The van der Waals surface area contributed by atoms with Crippen molar-refractivity contribution >= 4 is 5.97 Å². The zero-order valence-electron chi connectivity index (χ0n) is 10.8. The Morgan fingerprint density at radius 1 is 1.28 bits per heavy atom. The second-order valence-electron chi connectivity index (χ2n) is 5.09. The molecule has 1 aromatic rings. The largest absolute Gasteiger partial charge is 0.481 e. The molecular weight excluding hydrogens is 238 g/mol. The highest BCUT2D eigenvalue weighted by Crippen LogP contribution is 2.35. The van der Waals surface area contributed by atoms with Crippen LogP contribution in [-0.4, -0.2) is 11.1 Å². The minimum atomic E-state index is -2.87. The molecule has 0 bridgehead atoms. The predicted molar refractivity (Wildman–Crippen MR) is 65.9 cm³/mol. The summed E-state index contributed by atoms with van der Waals surface area (Å²) >= 11 is 0. The van der Waals surface area contributed by atoms with E-state index < -0.39 is 17.3 Å². The average Bonchev–Trinajstić information content (AvgIpc) is 2.27. The summed E-state index contributed by atoms with van der Waals surface area (Å²) in [6.07, 6.45) is -0.357. The number of hydrogen-bond acceptors (Lipinski definition) is 1. The number of rotatable bonds is 5. The lowest BCUT2D eigenvalue weighted by Crippen LogP contribution is -2.22. The molecule has 0 saturated heterocycles. The van der Waals surface area contributed by atoms with E-state index >= 15 is 0 Å². The molecule has 4 heteroatoms. The number of aliphatic carboxylic acids is 1. The van der Waals surface area contributed by atoms with Gasteiger partial charge in [0.15, 0.2) is 0 Å². The minimum absolute atomic E-state index is 0.0547. The summed E-state index contributed by atoms with van der Waals surface area (Å²) in [6.45, 7) is 4.91. The van der Waals surface area contributed by atoms with Crippen molar-refractivity contribution in [3.63, 3.8) is 0 Å². The van der Waals surface area contributed by atoms with Gasteiger partial charge < -0.3 is 5.11 Å². The van der Waals surface area contributed by atoms with Gasteiger partial charge in [0.1, 0.15) is 0 Å². The van der Waals surface area contributed by atoms with Gasteiger partial charge in [0.2, 0.25) is 0 Å². The Hall–Kier alpha value is -1.45. The van der Waals surface area contributed by atoms with Crippen LogP contribution in [0.5, 0.6) is 0 Å². The highest BCUT2D eigenvalue weighted by Gasteiger charge is 2.31. The van der Waals surface area contributed by atoms with Gasteiger partial charge in [-0.3, -0.25) is 4.79 Å². The van der Waals surface area contributed by atoms with Crippen molar-refractivity contribution in [1.29, 1.82) is 0 Å². The average molecular weight is 256 g/mol. The molecule has 2 nitrogen and oxygen atoms in total. The van der Waals surface area contributed by atoms with Gasteiger partial charge in [-0.05, 0) is 11.6 Å². The Bertz CT molecular complexity index is 439. The van der Waals surface area contributed by atoms with Gasteiger partial charge in [-0.25, -0.2) is 8.78 Å². The van der Waals surface area contributed by atoms with E-state index in [1.807, 2.05) is 0 Å². The SMILES string of the molecule is CCC(F)(F)c1cccc(C(C)(C)CC(=O)O)c1. The van der Waals surface area contributed by atoms with Crippen molar-refractivity contribution in [2.75, 3.05) is 0 Å². The maximum atomic E-state index is 13.6. The number of carboxylic acids is 1. The van der Waals surface area contributed by atoms with Crippen LogP contribution in [0.4, 0.5) is 8.78 Å². The molecule has 0 radical (unpaired) electrons. The van der Waals surface area contributed by atoms with E-state index in [1.54, 1.807) is 26.0 Å². The van der Waals surface area contributed by atoms with Crippen LogP contribution >= 0.6 is 0 Å². The minimum Gasteiger partial charge on any atom is -0.481 e. The van der Waals surface area contributed by atoms with Crippen LogP contribution in [0, 0.1) is 0 Å². The maximum Gasteiger partial charge on any atom is 0.304 e. The molecule has 1 aromatic carbocycles. The van der Waals surface area contributed by atoms with Crippen LogP contribution in [0.3, 0.4) is 0 Å². The fraction of sp³-hybridized carbons (Fsp3) is 0.500. The standard InChI is InChI=1S/C14H18F2O2/c1-4-14(15,16)11-7-5-6-10(8-11)13(2,3)9-12(17)18/h5-8H,4,9H2,1-3H3,(H,17,18). The highest BCUT2D eigenvalue weighted by molar-refractivity contribution is 5.68. The molecule has 0 atom stereocenters. The number of halogens is 2. The summed E-state index contributed by atoms with van der Waals surface area (Å²) in [5.74, 6) is -3.80. The first-order chi connectivity index (χ1) is 8.19. The predicted octanol–water partition coefficient (Wildman–Crippen LogP) is 3.94. The number of alkyl halides is 2. The summed E-state index contributed by atoms with van der Waals surface area (Å²) in [5, 5.41) is 8.84. The van der Waals surface area contributed by atoms with Gasteiger partial charge in [-0.1, -0.05) is 39.0 Å². The van der Waals surface area contributed by atoms with E-state index in [1.165, 1.54) is 19.1 Å². The molecule has 1 N–H and O–H groups in total. The van der Waals surface area contributed by atoms with Crippen molar-refractivity contribution < 1.29 is 18.7 Å². The number of benzene rings is 1. The molecule has 0 amide bonds. The van der Waals surface area contributed by atoms with E-state index in [0.717, 1.165) is 0 Å². The van der Waals surface area contributed by atoms with Gasteiger partial charge in [0.05, 0.1) is 6.42 Å². The van der Waals surface area contributed by atoms with Gasteiger partial charge in [0.25, 0.3) is 5.92 Å². The van der Waals surface area contributed by atoms with E-state index in [-0.39, 0.29) is 18.4 Å². The Balaban J connectivity index is 3.13. The molecule has 1 rings (SSSR count). The van der Waals surface area contributed by atoms with Crippen molar-refractivity contribution in [1.82, 2.24) is 0 Å². The zero-order chi connectivity index (χ0) is 14.0. The van der Waals surface area contributed by atoms with E-state index in [2.05, 4.69) is 0 Å². The van der Waals surface area contributed by atoms with E-state index in [0.29, 0.717) is 5.56 Å². The quantitative estimate of drug-likeness (QED) is 0.866. The Labute approximate surface area is 106 Å². The van der Waals surface area contributed by atoms with Gasteiger partial charge >= 0.3 is 5.97 Å². The van der Waals surface area contributed by atoms with Gasteiger partial charge in [-0.15, -0.1) is 0 Å². The summed E-state index contributed by atoms with van der Waals surface area (Å²) in [5.41, 5.74) is -0.0949. The molecular formula is C14H18F2O2. The smallest absolute Gasteiger partial charge is 0.304 e. The Kier molecular flexibility index (Phi) is 4.09. The van der Waals surface area contributed by atoms with Crippen LogP contribution in [0.2, 0.25) is 0 Å². The van der Waals surface area contributed by atoms with Crippen LogP contribution < -0.4 is 0 Å². The Morgan fingerprint density at radius 3 is 2.33 bits per heavy atom. The molecule has 0 aliphatic rings. The molecule has 0 aromatic heterocycles. The molecule has 0 heterocycles. The normalized spacial score (nSPS) is 12.5. The molecule has 0 aliphatic heterocycles. The number of carboxylic acid groups (broad SMARTS) is 1. The number of hydrogen-bond donors (Lipinski definition) is 1. The monoisotopic (exact) mass is 256 g/mol. The molecule has 0 fully saturated rings. The molecule has 100 valence electrons. The molecule has 0 saturated carbocycles. The van der Waals surface area contributed by atoms with Crippen LogP contribution in [0.15, 0.2) is 24.3 Å². The van der Waals surface area contributed by atoms with Gasteiger partial charge in [-0.2, -0.15) is 0 Å². The lowest BCUT2D eigenvalue weighted by atomic mass is 9.80. The first-order valence-corrected chi connectivity index (χ1v) is 5.89. The van der Waals surface area contributed by atoms with Gasteiger partial charge in [0, 0.05) is 17.4 Å². The summed E-state index contributed by atoms with van der Waals surface area (Å²) in [4.78, 5) is 10.8. The second-order valence-corrected chi connectivity index (χ2v) is 5.09. The first kappa shape index (κ1) is 14.6. The summed E-state index contributed by atoms with van der Waals surface area (Å²) in [6, 6.07) is 6.03. The third-order valence-corrected chi connectivity index (χ3v) is 3.10. The van der Waals surface area contributed by atoms with Crippen LogP contribution in [0.25, 0.3) is 0 Å². The van der Waals surface area contributed by atoms with Crippen molar-refractivity contribution in [3.05, 3.63) is 35.4 Å². The van der Waals surface area contributed by atoms with E-state index in [4.69, 9.17) is 5.11 Å². The molecule has 0 spiro atoms. The van der Waals surface area contributed by atoms with Crippen LogP contribution in [0.1, 0.15) is 44.7 Å². The topological polar surface area (TPSA) is 37.3 Å². The second kappa shape index (κ2) is 5.04. The lowest BCUT2D eigenvalue weighted by Gasteiger charge is -2.25. The number of carbonyl (C=O) groups is 1. The first-order valence-electron chi connectivity index (χ1n) is 5.89. The Morgan fingerprint density at radius 2 is 1.83 bits per heavy atom. The van der Waals surface area contributed by atoms with Crippen molar-refractivity contribution in [2.45, 2.75) is 45.0 Å². The molecule has 0 aliphatic carbocycles. The van der Waals surface area contributed by atoms with E-state index in [9.17, 15) is 13.6 Å². The third-order valence-electron chi connectivity index (χ3n) is 3.10. The molecule has 0 unspecified atom stereocenters. The fourth-order valence-corrected chi connectivity index (χ4v) is 1.85. The third kappa shape index (κ3) is 3.28. The summed E-state index contributed by atoms with van der Waals surface area (Å²) in [7, 11) is 0. The van der Waals surface area contributed by atoms with Crippen LogP contribution in [-0.2, 0) is 16.1 Å². The summed E-state index contributed by atoms with van der Waals surface area (Å²) < 4.78 is 27.2. The fourth-order valence-electron chi connectivity index (χ4n) is 1.85. The zero-order valence-corrected chi connectivity index (χ0v) is 10.8.